The molecule has 1 fully saturated rings. The zero-order valence-electron chi connectivity index (χ0n) is 9.60. The van der Waals surface area contributed by atoms with Crippen LogP contribution in [0.1, 0.15) is 32.6 Å². The number of unbranched alkanes of at least 4 members (excludes halogenated alkanes) is 1. The zero-order chi connectivity index (χ0) is 10.6. The molecular formula is C11H22N2O. The van der Waals surface area contributed by atoms with Crippen molar-refractivity contribution in [2.24, 2.45) is 5.41 Å². The lowest BCUT2D eigenvalue weighted by molar-refractivity contribution is -0.135. The van der Waals surface area contributed by atoms with Crippen LogP contribution in [-0.2, 0) is 4.79 Å². The van der Waals surface area contributed by atoms with Crippen molar-refractivity contribution in [1.29, 1.82) is 0 Å². The molecule has 1 amide bonds. The van der Waals surface area contributed by atoms with Crippen LogP contribution < -0.4 is 5.32 Å². The number of nitrogens with zero attached hydrogens (tertiary/aromatic N) is 1. The summed E-state index contributed by atoms with van der Waals surface area (Å²) in [6.45, 7) is 3.89. The number of carbonyl (C=O) groups is 1. The lowest BCUT2D eigenvalue weighted by atomic mass is 10.1. The van der Waals surface area contributed by atoms with E-state index in [1.54, 1.807) is 0 Å². The second kappa shape index (κ2) is 4.78. The molecule has 0 bridgehead atoms. The predicted molar refractivity (Wildman–Crippen MR) is 58.1 cm³/mol. The van der Waals surface area contributed by atoms with E-state index in [1.165, 1.54) is 0 Å². The third kappa shape index (κ3) is 2.47. The Morgan fingerprint density at radius 1 is 1.50 bits per heavy atom. The first-order valence-electron chi connectivity index (χ1n) is 5.56. The van der Waals surface area contributed by atoms with Crippen LogP contribution >= 0.6 is 0 Å². The summed E-state index contributed by atoms with van der Waals surface area (Å²) in [5.41, 5.74) is -0.0444. The molecule has 0 aliphatic heterocycles. The Kier molecular flexibility index (Phi) is 3.93. The van der Waals surface area contributed by atoms with Crippen molar-refractivity contribution in [1.82, 2.24) is 10.2 Å². The van der Waals surface area contributed by atoms with Crippen LogP contribution in [-0.4, -0.2) is 38.0 Å². The summed E-state index contributed by atoms with van der Waals surface area (Å²) in [5, 5.41) is 3.11. The maximum atomic E-state index is 12.0. The largest absolute Gasteiger partial charge is 0.345 e. The van der Waals surface area contributed by atoms with Crippen molar-refractivity contribution in [2.45, 2.75) is 32.6 Å². The monoisotopic (exact) mass is 198 g/mol. The van der Waals surface area contributed by atoms with E-state index in [4.69, 9.17) is 0 Å². The van der Waals surface area contributed by atoms with Crippen LogP contribution in [0.25, 0.3) is 0 Å². The molecule has 0 aromatic rings. The molecule has 82 valence electrons. The fraction of sp³-hybridized carbons (Fsp3) is 0.909. The lowest BCUT2D eigenvalue weighted by Gasteiger charge is -2.23. The smallest absolute Gasteiger partial charge is 0.229 e. The topological polar surface area (TPSA) is 32.3 Å². The van der Waals surface area contributed by atoms with Crippen molar-refractivity contribution >= 4 is 5.91 Å². The van der Waals surface area contributed by atoms with E-state index in [2.05, 4.69) is 12.2 Å². The lowest BCUT2D eigenvalue weighted by Crippen LogP contribution is -2.39. The molecule has 0 heterocycles. The molecule has 0 aromatic carbocycles. The van der Waals surface area contributed by atoms with Crippen LogP contribution in [0.5, 0.6) is 0 Å². The first-order valence-corrected chi connectivity index (χ1v) is 5.56. The van der Waals surface area contributed by atoms with Gasteiger partial charge in [-0.05, 0) is 26.3 Å². The number of carbonyl (C=O) groups excluding carboxylic acids is 1. The summed E-state index contributed by atoms with van der Waals surface area (Å²) >= 11 is 0. The SMILES string of the molecule is CCCCN(C)C(=O)C1(CNC)CC1. The van der Waals surface area contributed by atoms with E-state index in [-0.39, 0.29) is 5.41 Å². The summed E-state index contributed by atoms with van der Waals surface area (Å²) in [6, 6.07) is 0. The van der Waals surface area contributed by atoms with E-state index in [0.29, 0.717) is 5.91 Å². The summed E-state index contributed by atoms with van der Waals surface area (Å²) in [7, 11) is 3.84. The molecule has 0 unspecified atom stereocenters. The molecule has 0 saturated heterocycles. The first kappa shape index (κ1) is 11.5. The molecule has 0 atom stereocenters. The maximum Gasteiger partial charge on any atom is 0.229 e. The standard InChI is InChI=1S/C11H22N2O/c1-4-5-8-13(3)10(14)11(6-7-11)9-12-2/h12H,4-9H2,1-3H3. The molecule has 0 spiro atoms. The Bertz CT molecular complexity index is 199. The van der Waals surface area contributed by atoms with E-state index in [0.717, 1.165) is 38.8 Å². The predicted octanol–water partition coefficient (Wildman–Crippen LogP) is 1.24. The van der Waals surface area contributed by atoms with Crippen LogP contribution in [0.15, 0.2) is 0 Å². The fourth-order valence-electron chi connectivity index (χ4n) is 1.86. The fourth-order valence-corrected chi connectivity index (χ4v) is 1.86. The second-order valence-electron chi connectivity index (χ2n) is 4.39. The first-order chi connectivity index (χ1) is 6.66. The van der Waals surface area contributed by atoms with Crippen LogP contribution in [0.4, 0.5) is 0 Å². The molecule has 0 aromatic heterocycles. The van der Waals surface area contributed by atoms with E-state index in [9.17, 15) is 4.79 Å². The molecule has 1 aliphatic carbocycles. The van der Waals surface area contributed by atoms with Crippen molar-refractivity contribution < 1.29 is 4.79 Å². The van der Waals surface area contributed by atoms with Gasteiger partial charge in [0, 0.05) is 20.1 Å². The Labute approximate surface area is 86.9 Å². The Balaban J connectivity index is 2.39. The number of hydrogen-bond acceptors (Lipinski definition) is 2. The number of rotatable bonds is 6. The average molecular weight is 198 g/mol. The van der Waals surface area contributed by atoms with Gasteiger partial charge in [-0.2, -0.15) is 0 Å². The molecular weight excluding hydrogens is 176 g/mol. The summed E-state index contributed by atoms with van der Waals surface area (Å²) < 4.78 is 0. The van der Waals surface area contributed by atoms with Crippen molar-refractivity contribution in [3.05, 3.63) is 0 Å². The minimum absolute atomic E-state index is 0.0444. The molecule has 3 nitrogen and oxygen atoms in total. The minimum atomic E-state index is -0.0444. The Hall–Kier alpha value is -0.570. The van der Waals surface area contributed by atoms with Crippen molar-refractivity contribution in [2.75, 3.05) is 27.2 Å². The molecule has 1 aliphatic rings. The normalized spacial score (nSPS) is 17.9. The van der Waals surface area contributed by atoms with Crippen LogP contribution in [0, 0.1) is 5.41 Å². The Morgan fingerprint density at radius 3 is 2.57 bits per heavy atom. The highest BCUT2D eigenvalue weighted by molar-refractivity contribution is 5.85. The molecule has 3 heteroatoms. The zero-order valence-corrected chi connectivity index (χ0v) is 9.60. The van der Waals surface area contributed by atoms with Crippen LogP contribution in [0.3, 0.4) is 0 Å². The number of nitrogens with one attached hydrogen (secondary N) is 1. The second-order valence-corrected chi connectivity index (χ2v) is 4.39. The summed E-state index contributed by atoms with van der Waals surface area (Å²) in [4.78, 5) is 13.9. The molecule has 1 rings (SSSR count). The van der Waals surface area contributed by atoms with Gasteiger partial charge < -0.3 is 10.2 Å². The third-order valence-corrected chi connectivity index (χ3v) is 3.02. The highest BCUT2D eigenvalue weighted by Gasteiger charge is 2.50. The van der Waals surface area contributed by atoms with E-state index in [1.807, 2.05) is 19.0 Å². The summed E-state index contributed by atoms with van der Waals surface area (Å²) in [6.07, 6.45) is 4.38. The van der Waals surface area contributed by atoms with Gasteiger partial charge in [-0.1, -0.05) is 13.3 Å². The van der Waals surface area contributed by atoms with Gasteiger partial charge in [0.05, 0.1) is 5.41 Å². The number of hydrogen-bond donors (Lipinski definition) is 1. The van der Waals surface area contributed by atoms with Gasteiger partial charge in [-0.25, -0.2) is 0 Å². The third-order valence-electron chi connectivity index (χ3n) is 3.02. The van der Waals surface area contributed by atoms with Gasteiger partial charge in [0.15, 0.2) is 0 Å². The summed E-state index contributed by atoms with van der Waals surface area (Å²) in [5.74, 6) is 0.334. The maximum absolute atomic E-state index is 12.0. The van der Waals surface area contributed by atoms with Gasteiger partial charge in [0.25, 0.3) is 0 Å². The average Bonchev–Trinajstić information content (AvgIpc) is 2.94. The Morgan fingerprint density at radius 2 is 2.14 bits per heavy atom. The van der Waals surface area contributed by atoms with Crippen molar-refractivity contribution in [3.8, 4) is 0 Å². The van der Waals surface area contributed by atoms with E-state index >= 15 is 0 Å². The van der Waals surface area contributed by atoms with Gasteiger partial charge in [-0.3, -0.25) is 4.79 Å². The molecule has 14 heavy (non-hydrogen) atoms. The quantitative estimate of drug-likeness (QED) is 0.696. The molecule has 0 radical (unpaired) electrons. The van der Waals surface area contributed by atoms with Crippen molar-refractivity contribution in [3.63, 3.8) is 0 Å². The van der Waals surface area contributed by atoms with Gasteiger partial charge >= 0.3 is 0 Å². The van der Waals surface area contributed by atoms with E-state index < -0.39 is 0 Å². The van der Waals surface area contributed by atoms with Gasteiger partial charge in [0.2, 0.25) is 5.91 Å². The highest BCUT2D eigenvalue weighted by Crippen LogP contribution is 2.46. The van der Waals surface area contributed by atoms with Gasteiger partial charge in [0.1, 0.15) is 0 Å². The molecule has 1 N–H and O–H groups in total. The van der Waals surface area contributed by atoms with Crippen LogP contribution in [0.2, 0.25) is 0 Å². The molecule has 1 saturated carbocycles. The minimum Gasteiger partial charge on any atom is -0.345 e. The van der Waals surface area contributed by atoms with Gasteiger partial charge in [-0.15, -0.1) is 0 Å². The highest BCUT2D eigenvalue weighted by atomic mass is 16.2. The number of amides is 1.